The number of benzene rings is 7. The van der Waals surface area contributed by atoms with Gasteiger partial charge in [-0.15, -0.1) is 0 Å². The summed E-state index contributed by atoms with van der Waals surface area (Å²) in [4.78, 5) is 15.4. The summed E-state index contributed by atoms with van der Waals surface area (Å²) in [6.07, 6.45) is 0. The minimum absolute atomic E-state index is 0.0521. The van der Waals surface area contributed by atoms with E-state index in [1.807, 2.05) is 108 Å². The van der Waals surface area contributed by atoms with E-state index in [4.69, 9.17) is 27.6 Å². The molecular weight excluding hydrogens is 627 g/mol. The zero-order chi connectivity index (χ0) is 38.7. The van der Waals surface area contributed by atoms with Crippen molar-refractivity contribution in [2.45, 2.75) is 0 Å². The predicted molar refractivity (Wildman–Crippen MR) is 207 cm³/mol. The quantitative estimate of drug-likeness (QED) is 0.189. The van der Waals surface area contributed by atoms with E-state index in [9.17, 15) is 0 Å². The number of para-hydroxylation sites is 6. The molecule has 0 bridgehead atoms. The molecule has 0 amide bonds. The second kappa shape index (κ2) is 10.7. The Hall–Kier alpha value is -7.05. The van der Waals surface area contributed by atoms with Crippen LogP contribution >= 0.6 is 0 Å². The highest BCUT2D eigenvalue weighted by Gasteiger charge is 2.21. The van der Waals surface area contributed by atoms with Crippen molar-refractivity contribution in [3.8, 4) is 34.4 Å². The molecule has 0 unspecified atom stereocenters. The van der Waals surface area contributed by atoms with Gasteiger partial charge in [0.25, 0.3) is 0 Å². The lowest BCUT2D eigenvalue weighted by atomic mass is 10.1. The smallest absolute Gasteiger partial charge is 0.238 e. The average molecular weight is 660 g/mol. The van der Waals surface area contributed by atoms with E-state index < -0.39 is 0 Å². The molecule has 0 fully saturated rings. The molecule has 0 aliphatic rings. The summed E-state index contributed by atoms with van der Waals surface area (Å²) in [5, 5.41) is 4.40. The van der Waals surface area contributed by atoms with Crippen LogP contribution in [0.3, 0.4) is 0 Å². The fourth-order valence-corrected chi connectivity index (χ4v) is 7.33. The molecule has 0 atom stereocenters. The summed E-state index contributed by atoms with van der Waals surface area (Å²) in [7, 11) is 0. The first-order valence-electron chi connectivity index (χ1n) is 19.5. The second-order valence-corrected chi connectivity index (χ2v) is 12.4. The van der Waals surface area contributed by atoms with Gasteiger partial charge in [-0.25, -0.2) is 4.98 Å². The van der Waals surface area contributed by atoms with Gasteiger partial charge in [0.2, 0.25) is 5.95 Å². The lowest BCUT2D eigenvalue weighted by molar-refractivity contribution is 0.669. The highest BCUT2D eigenvalue weighted by molar-refractivity contribution is 6.10. The van der Waals surface area contributed by atoms with E-state index in [1.54, 1.807) is 4.57 Å². The minimum atomic E-state index is -0.183. The number of hydrogen-bond donors (Lipinski definition) is 0. The van der Waals surface area contributed by atoms with E-state index in [1.165, 1.54) is 12.1 Å². The van der Waals surface area contributed by atoms with Crippen LogP contribution in [0.2, 0.25) is 0 Å². The van der Waals surface area contributed by atoms with Crippen LogP contribution in [-0.2, 0) is 0 Å². The molecule has 0 radical (unpaired) electrons. The van der Waals surface area contributed by atoms with Crippen molar-refractivity contribution in [3.05, 3.63) is 164 Å². The zero-order valence-electron chi connectivity index (χ0n) is 32.8. The Morgan fingerprint density at radius 2 is 1.06 bits per heavy atom. The van der Waals surface area contributed by atoms with Gasteiger partial charge in [0.05, 0.1) is 36.0 Å². The van der Waals surface area contributed by atoms with Crippen LogP contribution in [0, 0.1) is 0 Å². The normalized spacial score (nSPS) is 13.6. The fraction of sp³-hybridized carbons (Fsp3) is 0. The van der Waals surface area contributed by atoms with E-state index in [0.29, 0.717) is 40.0 Å². The van der Waals surface area contributed by atoms with Crippen molar-refractivity contribution in [2.75, 3.05) is 0 Å². The van der Waals surface area contributed by atoms with Crippen molar-refractivity contribution in [1.82, 2.24) is 24.1 Å². The van der Waals surface area contributed by atoms with Gasteiger partial charge in [-0.3, -0.25) is 4.57 Å². The Morgan fingerprint density at radius 3 is 1.80 bits per heavy atom. The van der Waals surface area contributed by atoms with Gasteiger partial charge in [-0.05, 0) is 54.5 Å². The molecule has 11 rings (SSSR count). The van der Waals surface area contributed by atoms with Crippen LogP contribution in [0.1, 0.15) is 8.22 Å². The van der Waals surface area contributed by atoms with Gasteiger partial charge < -0.3 is 8.98 Å². The van der Waals surface area contributed by atoms with Gasteiger partial charge >= 0.3 is 0 Å². The molecule has 6 heteroatoms. The molecular formula is C45H27N5O. The van der Waals surface area contributed by atoms with E-state index in [2.05, 4.69) is 12.1 Å². The van der Waals surface area contributed by atoms with Crippen molar-refractivity contribution in [3.63, 3.8) is 0 Å². The third kappa shape index (κ3) is 4.14. The first-order chi connectivity index (χ1) is 27.8. The zero-order valence-corrected chi connectivity index (χ0v) is 26.8. The van der Waals surface area contributed by atoms with Crippen LogP contribution in [0.15, 0.2) is 168 Å². The van der Waals surface area contributed by atoms with Crippen LogP contribution in [-0.4, -0.2) is 24.1 Å². The molecule has 4 heterocycles. The van der Waals surface area contributed by atoms with Crippen LogP contribution in [0.5, 0.6) is 0 Å². The highest BCUT2D eigenvalue weighted by Crippen LogP contribution is 2.38. The summed E-state index contributed by atoms with van der Waals surface area (Å²) in [6, 6.07) is 39.2. The van der Waals surface area contributed by atoms with E-state index >= 15 is 0 Å². The molecule has 0 spiro atoms. The number of aromatic nitrogens is 5. The molecule has 0 aliphatic heterocycles. The van der Waals surface area contributed by atoms with Gasteiger partial charge in [0.15, 0.2) is 11.6 Å². The standard InChI is InChI=1S/C45H27N5O/c1-7-19-36-29(13-1)30-14-2-8-20-37(30)49(36)40-23-11-5-18-35(40)44-46-43(28-25-26-34-33-17-6-12-24-41(33)51-42(34)27-28)47-45(48-44)50-38-21-9-3-15-31(38)32-16-4-10-22-39(32)50/h1-27H/i1D,2D,13D,14D,19D,20D. The molecule has 0 aliphatic carbocycles. The summed E-state index contributed by atoms with van der Waals surface area (Å²) in [5.41, 5.74) is 5.50. The number of fused-ring (bicyclic) bond motifs is 9. The second-order valence-electron chi connectivity index (χ2n) is 12.4. The summed E-state index contributed by atoms with van der Waals surface area (Å²) in [5.74, 6) is 1.06. The van der Waals surface area contributed by atoms with Gasteiger partial charge in [-0.1, -0.05) is 109 Å². The Kier molecular flexibility index (Phi) is 4.74. The number of nitrogens with zero attached hydrogens (tertiary/aromatic N) is 5. The molecule has 0 N–H and O–H groups in total. The molecule has 7 aromatic carbocycles. The van der Waals surface area contributed by atoms with Crippen molar-refractivity contribution in [1.29, 1.82) is 0 Å². The Balaban J connectivity index is 1.24. The largest absolute Gasteiger partial charge is 0.456 e. The van der Waals surface area contributed by atoms with Crippen molar-refractivity contribution in [2.24, 2.45) is 0 Å². The molecule has 238 valence electrons. The van der Waals surface area contributed by atoms with Gasteiger partial charge in [0, 0.05) is 43.4 Å². The molecule has 0 saturated carbocycles. The Bertz CT molecular complexity index is 3390. The molecule has 6 nitrogen and oxygen atoms in total. The van der Waals surface area contributed by atoms with Crippen molar-refractivity contribution >= 4 is 65.6 Å². The van der Waals surface area contributed by atoms with Crippen molar-refractivity contribution < 1.29 is 12.6 Å². The third-order valence-corrected chi connectivity index (χ3v) is 9.55. The Labute approximate surface area is 299 Å². The maximum absolute atomic E-state index is 9.08. The maximum atomic E-state index is 9.08. The minimum Gasteiger partial charge on any atom is -0.456 e. The SMILES string of the molecule is [2H]c1cc([2H])c2c(c1[2H])c1c([2H])c([2H])cc([2H])c1n2-c1ccccc1-c1nc(-c2ccc3c(c2)oc2ccccc23)nc(-n2c3ccccc3c3ccccc32)n1. The molecule has 4 aromatic heterocycles. The monoisotopic (exact) mass is 659 g/mol. The number of furan rings is 1. The third-order valence-electron chi connectivity index (χ3n) is 9.55. The van der Waals surface area contributed by atoms with Crippen LogP contribution in [0.25, 0.3) is 100.0 Å². The Morgan fingerprint density at radius 1 is 0.451 bits per heavy atom. The van der Waals surface area contributed by atoms with E-state index in [0.717, 1.165) is 38.2 Å². The van der Waals surface area contributed by atoms with Crippen LogP contribution < -0.4 is 0 Å². The topological polar surface area (TPSA) is 61.7 Å². The summed E-state index contributed by atoms with van der Waals surface area (Å²) >= 11 is 0. The number of hydrogen-bond acceptors (Lipinski definition) is 4. The summed E-state index contributed by atoms with van der Waals surface area (Å²) in [6.45, 7) is 0. The van der Waals surface area contributed by atoms with Gasteiger partial charge in [-0.2, -0.15) is 9.97 Å². The first-order valence-corrected chi connectivity index (χ1v) is 16.5. The average Bonchev–Trinajstić information content (AvgIpc) is 3.90. The lowest BCUT2D eigenvalue weighted by Gasteiger charge is -2.15. The van der Waals surface area contributed by atoms with Gasteiger partial charge in [0.1, 0.15) is 11.2 Å². The van der Waals surface area contributed by atoms with Crippen LogP contribution in [0.4, 0.5) is 0 Å². The van der Waals surface area contributed by atoms with E-state index in [-0.39, 0.29) is 58.1 Å². The molecule has 0 saturated heterocycles. The maximum Gasteiger partial charge on any atom is 0.238 e. The first kappa shape index (κ1) is 22.6. The summed E-state index contributed by atoms with van der Waals surface area (Å²) < 4.78 is 62.9. The molecule has 11 aromatic rings. The lowest BCUT2D eigenvalue weighted by Crippen LogP contribution is -2.07. The predicted octanol–water partition coefficient (Wildman–Crippen LogP) is 11.3. The molecule has 51 heavy (non-hydrogen) atoms. The highest BCUT2D eigenvalue weighted by atomic mass is 16.3. The number of rotatable bonds is 4. The fourth-order valence-electron chi connectivity index (χ4n) is 7.33.